The molecule has 172 valence electrons. The van der Waals surface area contributed by atoms with Crippen LogP contribution in [0.1, 0.15) is 53.2 Å². The molecular weight excluding hydrogens is 442 g/mol. The minimum absolute atomic E-state index is 0.0504. The molecule has 0 bridgehead atoms. The van der Waals surface area contributed by atoms with Gasteiger partial charge in [-0.2, -0.15) is 13.2 Å². The number of anilines is 1. The van der Waals surface area contributed by atoms with Crippen molar-refractivity contribution in [1.82, 2.24) is 0 Å². The number of aliphatic hydroxyl groups is 1. The monoisotopic (exact) mass is 461 g/mol. The van der Waals surface area contributed by atoms with Gasteiger partial charge in [-0.1, -0.05) is 5.92 Å². The molecule has 0 radical (unpaired) electrons. The van der Waals surface area contributed by atoms with Gasteiger partial charge in [-0.05, 0) is 61.7 Å². The van der Waals surface area contributed by atoms with Crippen molar-refractivity contribution in [2.45, 2.75) is 50.0 Å². The quantitative estimate of drug-likeness (QED) is 0.395. The number of fused-ring (bicyclic) bond motifs is 1. The SMILES string of the molecule is CC#CC(O)(CC1(c2cc(C(F)(F)F)ccc2F)CC1)C(=O)Nc1ccc2c(c1)COC2=O. The van der Waals surface area contributed by atoms with E-state index in [4.69, 9.17) is 4.74 Å². The summed E-state index contributed by atoms with van der Waals surface area (Å²) in [5.41, 5.74) is -3.43. The van der Waals surface area contributed by atoms with Gasteiger partial charge in [0, 0.05) is 23.1 Å². The van der Waals surface area contributed by atoms with E-state index >= 15 is 0 Å². The number of alkyl halides is 3. The summed E-state index contributed by atoms with van der Waals surface area (Å²) in [5.74, 6) is 2.70. The first-order chi connectivity index (χ1) is 15.5. The molecule has 2 aromatic rings. The number of nitrogens with one attached hydrogen (secondary N) is 1. The Morgan fingerprint density at radius 2 is 1.94 bits per heavy atom. The van der Waals surface area contributed by atoms with Gasteiger partial charge in [0.05, 0.1) is 11.1 Å². The van der Waals surface area contributed by atoms with Crippen molar-refractivity contribution in [3.63, 3.8) is 0 Å². The van der Waals surface area contributed by atoms with Crippen molar-refractivity contribution >= 4 is 17.6 Å². The molecule has 5 nitrogen and oxygen atoms in total. The Hall–Kier alpha value is -3.38. The van der Waals surface area contributed by atoms with E-state index in [-0.39, 0.29) is 24.3 Å². The summed E-state index contributed by atoms with van der Waals surface area (Å²) in [5, 5.41) is 13.7. The summed E-state index contributed by atoms with van der Waals surface area (Å²) < 4.78 is 59.0. The number of hydrogen-bond acceptors (Lipinski definition) is 4. The van der Waals surface area contributed by atoms with Crippen LogP contribution in [0.2, 0.25) is 0 Å². The molecule has 2 aliphatic rings. The molecule has 33 heavy (non-hydrogen) atoms. The van der Waals surface area contributed by atoms with Gasteiger partial charge in [-0.15, -0.1) is 5.92 Å². The second-order valence-corrected chi connectivity index (χ2v) is 8.29. The first-order valence-electron chi connectivity index (χ1n) is 10.1. The van der Waals surface area contributed by atoms with Gasteiger partial charge in [0.2, 0.25) is 5.60 Å². The lowest BCUT2D eigenvalue weighted by atomic mass is 9.82. The highest BCUT2D eigenvalue weighted by Gasteiger charge is 2.53. The first kappa shape index (κ1) is 22.8. The van der Waals surface area contributed by atoms with Crippen molar-refractivity contribution in [2.75, 3.05) is 5.32 Å². The zero-order chi connectivity index (χ0) is 24.0. The average molecular weight is 461 g/mol. The number of ether oxygens (including phenoxy) is 1. The summed E-state index contributed by atoms with van der Waals surface area (Å²) in [6, 6.07) is 6.60. The van der Waals surface area contributed by atoms with Crippen LogP contribution in [0.3, 0.4) is 0 Å². The maximum Gasteiger partial charge on any atom is 0.416 e. The van der Waals surface area contributed by atoms with Crippen molar-refractivity contribution in [3.05, 3.63) is 64.5 Å². The zero-order valence-corrected chi connectivity index (χ0v) is 17.5. The third-order valence-corrected chi connectivity index (χ3v) is 5.96. The minimum atomic E-state index is -4.66. The maximum absolute atomic E-state index is 14.5. The van der Waals surface area contributed by atoms with Crippen LogP contribution < -0.4 is 5.32 Å². The summed E-state index contributed by atoms with van der Waals surface area (Å²) in [6.07, 6.45) is -4.44. The molecule has 2 aromatic carbocycles. The van der Waals surface area contributed by atoms with Crippen molar-refractivity contribution in [2.24, 2.45) is 0 Å². The smallest absolute Gasteiger partial charge is 0.416 e. The molecule has 1 aliphatic heterocycles. The number of benzene rings is 2. The van der Waals surface area contributed by atoms with Crippen LogP contribution in [0.15, 0.2) is 36.4 Å². The Kier molecular flexibility index (Phi) is 5.45. The van der Waals surface area contributed by atoms with E-state index < -0.39 is 40.4 Å². The van der Waals surface area contributed by atoms with Crippen molar-refractivity contribution in [1.29, 1.82) is 0 Å². The van der Waals surface area contributed by atoms with Crippen LogP contribution in [-0.2, 0) is 27.7 Å². The zero-order valence-electron chi connectivity index (χ0n) is 17.5. The van der Waals surface area contributed by atoms with E-state index in [0.717, 1.165) is 12.1 Å². The van der Waals surface area contributed by atoms with Crippen LogP contribution >= 0.6 is 0 Å². The molecule has 0 saturated heterocycles. The largest absolute Gasteiger partial charge is 0.457 e. The van der Waals surface area contributed by atoms with Crippen LogP contribution in [0.4, 0.5) is 23.2 Å². The van der Waals surface area contributed by atoms with E-state index in [9.17, 15) is 32.3 Å². The van der Waals surface area contributed by atoms with Crippen LogP contribution in [-0.4, -0.2) is 22.6 Å². The van der Waals surface area contributed by atoms with E-state index in [1.54, 1.807) is 0 Å². The number of carbonyl (C=O) groups excluding carboxylic acids is 2. The normalized spacial score (nSPS) is 17.8. The van der Waals surface area contributed by atoms with E-state index in [1.165, 1.54) is 25.1 Å². The number of esters is 1. The molecule has 1 fully saturated rings. The van der Waals surface area contributed by atoms with Gasteiger partial charge in [0.15, 0.2) is 0 Å². The Morgan fingerprint density at radius 1 is 1.21 bits per heavy atom. The number of cyclic esters (lactones) is 1. The molecule has 1 atom stereocenters. The molecule has 0 spiro atoms. The number of amides is 1. The van der Waals surface area contributed by atoms with Crippen LogP contribution in [0.5, 0.6) is 0 Å². The summed E-state index contributed by atoms with van der Waals surface area (Å²) in [7, 11) is 0. The fourth-order valence-corrected chi connectivity index (χ4v) is 4.12. The molecule has 1 aliphatic carbocycles. The lowest BCUT2D eigenvalue weighted by molar-refractivity contribution is -0.137. The standard InChI is InChI=1S/C24H19F4NO4/c1-2-7-23(32,21(31)29-16-4-5-17-14(10-16)12-33-20(17)30)13-22(8-9-22)18-11-15(24(26,27)28)3-6-19(18)25/h3-6,10-11,32H,8-9,12-13H2,1H3,(H,29,31). The van der Waals surface area contributed by atoms with Crippen molar-refractivity contribution in [3.8, 4) is 11.8 Å². The lowest BCUT2D eigenvalue weighted by Gasteiger charge is -2.28. The molecule has 1 saturated carbocycles. The molecular formula is C24H19F4NO4. The van der Waals surface area contributed by atoms with E-state index in [2.05, 4.69) is 17.2 Å². The summed E-state index contributed by atoms with van der Waals surface area (Å²) in [4.78, 5) is 24.6. The fourth-order valence-electron chi connectivity index (χ4n) is 4.12. The highest BCUT2D eigenvalue weighted by atomic mass is 19.4. The highest BCUT2D eigenvalue weighted by molar-refractivity contribution is 6.01. The Labute approximate surface area is 186 Å². The highest BCUT2D eigenvalue weighted by Crippen LogP contribution is 2.55. The van der Waals surface area contributed by atoms with E-state index in [1.807, 2.05) is 0 Å². The maximum atomic E-state index is 14.5. The lowest BCUT2D eigenvalue weighted by Crippen LogP contribution is -2.44. The predicted molar refractivity (Wildman–Crippen MR) is 110 cm³/mol. The molecule has 1 heterocycles. The Bertz CT molecular complexity index is 1210. The van der Waals surface area contributed by atoms with Gasteiger partial charge in [0.25, 0.3) is 5.91 Å². The van der Waals surface area contributed by atoms with Crippen LogP contribution in [0, 0.1) is 17.7 Å². The number of carbonyl (C=O) groups is 2. The Balaban J connectivity index is 1.61. The third-order valence-electron chi connectivity index (χ3n) is 5.96. The number of halogens is 4. The van der Waals surface area contributed by atoms with Crippen molar-refractivity contribution < 1.29 is 37.0 Å². The predicted octanol–water partition coefficient (Wildman–Crippen LogP) is 4.33. The number of hydrogen-bond donors (Lipinski definition) is 2. The minimum Gasteiger partial charge on any atom is -0.457 e. The molecule has 4 rings (SSSR count). The summed E-state index contributed by atoms with van der Waals surface area (Å²) in [6.45, 7) is 1.45. The van der Waals surface area contributed by atoms with Gasteiger partial charge in [-0.3, -0.25) is 4.79 Å². The molecule has 1 unspecified atom stereocenters. The molecule has 9 heteroatoms. The third kappa shape index (κ3) is 4.31. The molecule has 1 amide bonds. The molecule has 2 N–H and O–H groups in total. The van der Waals surface area contributed by atoms with Gasteiger partial charge < -0.3 is 15.2 Å². The van der Waals surface area contributed by atoms with Gasteiger partial charge in [0.1, 0.15) is 12.4 Å². The Morgan fingerprint density at radius 3 is 2.58 bits per heavy atom. The second kappa shape index (κ2) is 7.89. The van der Waals surface area contributed by atoms with E-state index in [0.29, 0.717) is 30.0 Å². The number of rotatable bonds is 5. The van der Waals surface area contributed by atoms with Crippen LogP contribution in [0.25, 0.3) is 0 Å². The summed E-state index contributed by atoms with van der Waals surface area (Å²) >= 11 is 0. The second-order valence-electron chi connectivity index (χ2n) is 8.29. The first-order valence-corrected chi connectivity index (χ1v) is 10.1. The molecule has 0 aromatic heterocycles. The van der Waals surface area contributed by atoms with Gasteiger partial charge >= 0.3 is 12.1 Å². The van der Waals surface area contributed by atoms with Gasteiger partial charge in [-0.25, -0.2) is 9.18 Å². The topological polar surface area (TPSA) is 75.6 Å². The fraction of sp³-hybridized carbons (Fsp3) is 0.333. The average Bonchev–Trinajstić information content (AvgIpc) is 3.42.